The van der Waals surface area contributed by atoms with Crippen molar-refractivity contribution in [3.8, 4) is 0 Å². The van der Waals surface area contributed by atoms with Gasteiger partial charge in [-0.15, -0.1) is 0 Å². The van der Waals surface area contributed by atoms with Crippen LogP contribution in [-0.4, -0.2) is 9.78 Å². The largest absolute Gasteiger partial charge is 0.256 e. The van der Waals surface area contributed by atoms with E-state index in [4.69, 9.17) is 0 Å². The first-order chi connectivity index (χ1) is 8.06. The van der Waals surface area contributed by atoms with Crippen molar-refractivity contribution in [2.45, 2.75) is 43.7 Å². The smallest absolute Gasteiger partial charge is 0.0993 e. The summed E-state index contributed by atoms with van der Waals surface area (Å²) < 4.78 is 2.09. The van der Waals surface area contributed by atoms with Crippen LogP contribution in [0.3, 0.4) is 0 Å². The van der Waals surface area contributed by atoms with Gasteiger partial charge in [0, 0.05) is 10.9 Å². The van der Waals surface area contributed by atoms with Gasteiger partial charge in [0.15, 0.2) is 0 Å². The van der Waals surface area contributed by atoms with Gasteiger partial charge in [0.1, 0.15) is 0 Å². The van der Waals surface area contributed by atoms with Crippen LogP contribution in [0.1, 0.15) is 31.1 Å². The molecule has 2 nitrogen and oxygen atoms in total. The Kier molecular flexibility index (Phi) is 3.57. The van der Waals surface area contributed by atoms with Crippen LogP contribution in [0.2, 0.25) is 0 Å². The highest BCUT2D eigenvalue weighted by atomic mass is 32.2. The van der Waals surface area contributed by atoms with Gasteiger partial charge in [0.05, 0.1) is 10.7 Å². The molecule has 1 aromatic heterocycles. The Morgan fingerprint density at radius 3 is 2.59 bits per heavy atom. The Labute approximate surface area is 107 Å². The molecule has 0 saturated carbocycles. The van der Waals surface area contributed by atoms with Gasteiger partial charge in [-0.1, -0.05) is 29.5 Å². The Hall–Kier alpha value is -1.22. The van der Waals surface area contributed by atoms with Crippen LogP contribution in [0.5, 0.6) is 0 Å². The first-order valence-corrected chi connectivity index (χ1v) is 6.68. The van der Waals surface area contributed by atoms with Gasteiger partial charge < -0.3 is 0 Å². The molecule has 3 heteroatoms. The lowest BCUT2D eigenvalue weighted by molar-refractivity contribution is 0.490. The van der Waals surface area contributed by atoms with E-state index in [0.29, 0.717) is 6.04 Å². The number of nitrogens with zero attached hydrogens (tertiary/aromatic N) is 2. The van der Waals surface area contributed by atoms with Gasteiger partial charge in [-0.25, -0.2) is 0 Å². The SMILES string of the molecule is Cc1cccc(Sc2cc(C)nn2C(C)C)c1. The van der Waals surface area contributed by atoms with Crippen molar-refractivity contribution < 1.29 is 0 Å². The number of hydrogen-bond donors (Lipinski definition) is 0. The number of hydrogen-bond acceptors (Lipinski definition) is 2. The van der Waals surface area contributed by atoms with Crippen LogP contribution in [0, 0.1) is 13.8 Å². The van der Waals surface area contributed by atoms with Crippen LogP contribution in [0.4, 0.5) is 0 Å². The van der Waals surface area contributed by atoms with E-state index < -0.39 is 0 Å². The zero-order chi connectivity index (χ0) is 12.4. The van der Waals surface area contributed by atoms with Crippen LogP contribution in [0.15, 0.2) is 40.3 Å². The predicted molar refractivity (Wildman–Crippen MR) is 72.7 cm³/mol. The molecule has 1 aromatic carbocycles. The van der Waals surface area contributed by atoms with Crippen molar-refractivity contribution in [3.05, 3.63) is 41.6 Å². The molecule has 0 bridgehead atoms. The van der Waals surface area contributed by atoms with Crippen LogP contribution in [-0.2, 0) is 0 Å². The molecule has 1 heterocycles. The maximum Gasteiger partial charge on any atom is 0.0993 e. The van der Waals surface area contributed by atoms with Gasteiger partial charge >= 0.3 is 0 Å². The zero-order valence-electron chi connectivity index (χ0n) is 10.8. The lowest BCUT2D eigenvalue weighted by Gasteiger charge is -2.10. The van der Waals surface area contributed by atoms with Gasteiger partial charge in [0.2, 0.25) is 0 Å². The highest BCUT2D eigenvalue weighted by molar-refractivity contribution is 7.99. The normalized spacial score (nSPS) is 11.1. The van der Waals surface area contributed by atoms with E-state index in [2.05, 4.69) is 60.9 Å². The van der Waals surface area contributed by atoms with Crippen molar-refractivity contribution >= 4 is 11.8 Å². The Morgan fingerprint density at radius 1 is 1.18 bits per heavy atom. The predicted octanol–water partition coefficient (Wildman–Crippen LogP) is 4.23. The fourth-order valence-electron chi connectivity index (χ4n) is 1.74. The van der Waals surface area contributed by atoms with Gasteiger partial charge in [0.25, 0.3) is 0 Å². The molecule has 90 valence electrons. The maximum atomic E-state index is 4.52. The number of aromatic nitrogens is 2. The first-order valence-electron chi connectivity index (χ1n) is 5.87. The van der Waals surface area contributed by atoms with Crippen molar-refractivity contribution in [1.82, 2.24) is 9.78 Å². The maximum absolute atomic E-state index is 4.52. The minimum absolute atomic E-state index is 0.399. The highest BCUT2D eigenvalue weighted by Gasteiger charge is 2.09. The summed E-state index contributed by atoms with van der Waals surface area (Å²) in [7, 11) is 0. The quantitative estimate of drug-likeness (QED) is 0.806. The lowest BCUT2D eigenvalue weighted by Crippen LogP contribution is -2.04. The summed E-state index contributed by atoms with van der Waals surface area (Å²) >= 11 is 1.78. The van der Waals surface area contributed by atoms with Crippen molar-refractivity contribution in [2.24, 2.45) is 0 Å². The third-order valence-electron chi connectivity index (χ3n) is 2.52. The van der Waals surface area contributed by atoms with Gasteiger partial charge in [-0.05, 0) is 45.9 Å². The minimum Gasteiger partial charge on any atom is -0.256 e. The molecule has 0 N–H and O–H groups in total. The number of rotatable bonds is 3. The van der Waals surface area contributed by atoms with E-state index >= 15 is 0 Å². The topological polar surface area (TPSA) is 17.8 Å². The molecule has 0 aliphatic heterocycles. The molecule has 0 aliphatic rings. The summed E-state index contributed by atoms with van der Waals surface area (Å²) in [5.74, 6) is 0. The fraction of sp³-hybridized carbons (Fsp3) is 0.357. The molecule has 0 aliphatic carbocycles. The molecular formula is C14H18N2S. The van der Waals surface area contributed by atoms with Gasteiger partial charge in [-0.2, -0.15) is 5.10 Å². The molecule has 0 radical (unpaired) electrons. The van der Waals surface area contributed by atoms with E-state index in [-0.39, 0.29) is 0 Å². The molecule has 0 fully saturated rings. The lowest BCUT2D eigenvalue weighted by atomic mass is 10.2. The Bertz CT molecular complexity index is 515. The molecule has 0 unspecified atom stereocenters. The minimum atomic E-state index is 0.399. The monoisotopic (exact) mass is 246 g/mol. The molecule has 0 saturated heterocycles. The molecule has 0 spiro atoms. The molecule has 0 atom stereocenters. The summed E-state index contributed by atoms with van der Waals surface area (Å²) in [6, 6.07) is 11.1. The average Bonchev–Trinajstić information content (AvgIpc) is 2.59. The highest BCUT2D eigenvalue weighted by Crippen LogP contribution is 2.30. The van der Waals surface area contributed by atoms with E-state index in [0.717, 1.165) is 5.69 Å². The standard InChI is InChI=1S/C14H18N2S/c1-10(2)16-14(9-12(4)15-16)17-13-7-5-6-11(3)8-13/h5-10H,1-4H3. The third kappa shape index (κ3) is 2.91. The van der Waals surface area contributed by atoms with Crippen LogP contribution in [0.25, 0.3) is 0 Å². The van der Waals surface area contributed by atoms with E-state index in [1.807, 2.05) is 6.92 Å². The summed E-state index contributed by atoms with van der Waals surface area (Å²) in [6.45, 7) is 8.48. The second kappa shape index (κ2) is 4.96. The van der Waals surface area contributed by atoms with Crippen molar-refractivity contribution in [2.75, 3.05) is 0 Å². The first kappa shape index (κ1) is 12.2. The summed E-state index contributed by atoms with van der Waals surface area (Å²) in [4.78, 5) is 1.27. The molecule has 2 rings (SSSR count). The Balaban J connectivity index is 2.29. The summed E-state index contributed by atoms with van der Waals surface area (Å²) in [6.07, 6.45) is 0. The van der Waals surface area contributed by atoms with Gasteiger partial charge in [-0.3, -0.25) is 4.68 Å². The van der Waals surface area contributed by atoms with Crippen molar-refractivity contribution in [1.29, 1.82) is 0 Å². The van der Waals surface area contributed by atoms with Crippen LogP contribution < -0.4 is 0 Å². The molecule has 0 amide bonds. The van der Waals surface area contributed by atoms with E-state index in [1.54, 1.807) is 11.8 Å². The third-order valence-corrected chi connectivity index (χ3v) is 3.53. The van der Waals surface area contributed by atoms with Crippen molar-refractivity contribution in [3.63, 3.8) is 0 Å². The molecule has 17 heavy (non-hydrogen) atoms. The summed E-state index contributed by atoms with van der Waals surface area (Å²) in [5, 5.41) is 5.74. The van der Waals surface area contributed by atoms with E-state index in [1.165, 1.54) is 15.5 Å². The Morgan fingerprint density at radius 2 is 1.94 bits per heavy atom. The second-order valence-corrected chi connectivity index (χ2v) is 5.67. The van der Waals surface area contributed by atoms with Crippen LogP contribution >= 0.6 is 11.8 Å². The molecular weight excluding hydrogens is 228 g/mol. The zero-order valence-corrected chi connectivity index (χ0v) is 11.6. The van der Waals surface area contributed by atoms with E-state index in [9.17, 15) is 0 Å². The number of benzene rings is 1. The molecule has 2 aromatic rings. The number of aryl methyl sites for hydroxylation is 2. The summed E-state index contributed by atoms with van der Waals surface area (Å²) in [5.41, 5.74) is 2.37. The fourth-order valence-corrected chi connectivity index (χ4v) is 2.95. The average molecular weight is 246 g/mol. The second-order valence-electron chi connectivity index (χ2n) is 4.58.